The second kappa shape index (κ2) is 30.9. The van der Waals surface area contributed by atoms with Gasteiger partial charge in [-0.1, -0.05) is 57.2 Å². The fourth-order valence-electron chi connectivity index (χ4n) is 1.07. The molecule has 0 saturated heterocycles. The van der Waals surface area contributed by atoms with E-state index in [1.54, 1.807) is 6.08 Å². The summed E-state index contributed by atoms with van der Waals surface area (Å²) >= 11 is 0. The van der Waals surface area contributed by atoms with Crippen LogP contribution in [0.1, 0.15) is 47.1 Å². The number of hydrogen-bond donors (Lipinski definition) is 1. The Balaban J connectivity index is -0.000000111. The summed E-state index contributed by atoms with van der Waals surface area (Å²) in [6.07, 6.45) is 6.84. The molecular weight excluding hydrogens is 258 g/mol. The van der Waals surface area contributed by atoms with Crippen molar-refractivity contribution in [2.45, 2.75) is 48.0 Å². The molecule has 0 saturated carbocycles. The minimum absolute atomic E-state index is 1.09. The summed E-state index contributed by atoms with van der Waals surface area (Å²) < 4.78 is 0. The maximum atomic E-state index is 8.00. The highest BCUT2D eigenvalue weighted by Crippen LogP contribution is 2.13. The largest absolute Gasteiger partial charge is 0.388 e. The van der Waals surface area contributed by atoms with Gasteiger partial charge in [0.25, 0.3) is 0 Å². The summed E-state index contributed by atoms with van der Waals surface area (Å²) in [6.45, 7) is 17.4. The van der Waals surface area contributed by atoms with Gasteiger partial charge in [-0.3, -0.25) is 0 Å². The molecule has 1 N–H and O–H groups in total. The third-order valence-electron chi connectivity index (χ3n) is 2.00. The Morgan fingerprint density at radius 3 is 1.67 bits per heavy atom. The lowest BCUT2D eigenvalue weighted by Crippen LogP contribution is -1.92. The van der Waals surface area contributed by atoms with Crippen molar-refractivity contribution in [1.29, 1.82) is 0 Å². The van der Waals surface area contributed by atoms with E-state index < -0.39 is 0 Å². The van der Waals surface area contributed by atoms with E-state index in [9.17, 15) is 0 Å². The van der Waals surface area contributed by atoms with Gasteiger partial charge >= 0.3 is 0 Å². The van der Waals surface area contributed by atoms with Crippen LogP contribution in [0.5, 0.6) is 0 Å². The van der Waals surface area contributed by atoms with E-state index in [4.69, 9.17) is 4.79 Å². The monoisotopic (exact) mass is 293 g/mol. The molecule has 0 amide bonds. The lowest BCUT2D eigenvalue weighted by Gasteiger charge is -2.04. The maximum Gasteiger partial charge on any atom is 0.106 e. The van der Waals surface area contributed by atoms with Crippen LogP contribution in [-0.2, 0) is 11.2 Å². The summed E-state index contributed by atoms with van der Waals surface area (Å²) in [5, 5.41) is 3.15. The molecule has 1 aromatic rings. The van der Waals surface area contributed by atoms with Crippen LogP contribution < -0.4 is 5.32 Å². The molecule has 0 fully saturated rings. The predicted octanol–water partition coefficient (Wildman–Crippen LogP) is 5.91. The topological polar surface area (TPSA) is 29.1 Å². The van der Waals surface area contributed by atoms with E-state index in [0.717, 1.165) is 6.42 Å². The zero-order valence-electron chi connectivity index (χ0n) is 15.1. The number of carbonyl (C=O) groups is 1. The van der Waals surface area contributed by atoms with E-state index in [0.29, 0.717) is 0 Å². The third kappa shape index (κ3) is 23.7. The van der Waals surface area contributed by atoms with Crippen LogP contribution in [0.25, 0.3) is 0 Å². The summed E-state index contributed by atoms with van der Waals surface area (Å²) in [5.74, 6) is 0. The lowest BCUT2D eigenvalue weighted by molar-refractivity contribution is -0.0979. The van der Waals surface area contributed by atoms with Crippen LogP contribution in [0.2, 0.25) is 0 Å². The Kier molecular flexibility index (Phi) is 40.4. The van der Waals surface area contributed by atoms with Crippen LogP contribution in [0, 0.1) is 0 Å². The molecule has 0 heterocycles. The SMILES string of the molecule is C/C=C\C.C=CC.C=O.CC.CCc1ccccc1NC. The molecule has 0 aliphatic rings. The van der Waals surface area contributed by atoms with E-state index in [1.807, 2.05) is 66.7 Å². The number of para-hydroxylation sites is 1. The van der Waals surface area contributed by atoms with E-state index in [1.165, 1.54) is 11.3 Å². The summed E-state index contributed by atoms with van der Waals surface area (Å²) in [6, 6.07) is 8.36. The smallest absolute Gasteiger partial charge is 0.106 e. The molecule has 2 heteroatoms. The standard InChI is InChI=1S/C9H13N.C4H8.C3H6.C2H6.CH2O/c1-3-8-6-4-5-7-9(8)10-2;1-3-4-2;1-3-2;2*1-2/h4-7,10H,3H2,1-2H3;3-4H,1-2H3;3H,1H2,2H3;1-2H3;1H2/b;4-3-;;;. The molecule has 0 unspecified atom stereocenters. The molecule has 21 heavy (non-hydrogen) atoms. The summed E-state index contributed by atoms with van der Waals surface area (Å²) in [4.78, 5) is 8.00. The first-order chi connectivity index (χ1) is 10.2. The molecule has 1 rings (SSSR count). The van der Waals surface area contributed by atoms with Gasteiger partial charge < -0.3 is 10.1 Å². The molecule has 0 aliphatic heterocycles. The van der Waals surface area contributed by atoms with Crippen LogP contribution in [0.4, 0.5) is 5.69 Å². The molecule has 0 radical (unpaired) electrons. The van der Waals surface area contributed by atoms with Crippen LogP contribution >= 0.6 is 0 Å². The van der Waals surface area contributed by atoms with Gasteiger partial charge in [-0.2, -0.15) is 0 Å². The zero-order valence-corrected chi connectivity index (χ0v) is 15.1. The van der Waals surface area contributed by atoms with Crippen molar-refractivity contribution in [3.05, 3.63) is 54.6 Å². The van der Waals surface area contributed by atoms with Gasteiger partial charge in [0.1, 0.15) is 6.79 Å². The first-order valence-corrected chi connectivity index (χ1v) is 7.40. The minimum atomic E-state index is 1.09. The van der Waals surface area contributed by atoms with E-state index >= 15 is 0 Å². The Bertz CT molecular complexity index is 292. The second-order valence-corrected chi connectivity index (χ2v) is 3.34. The Hall–Kier alpha value is -1.83. The number of nitrogens with one attached hydrogen (secondary N) is 1. The number of rotatable bonds is 2. The second-order valence-electron chi connectivity index (χ2n) is 3.34. The first kappa shape index (κ1) is 27.5. The summed E-state index contributed by atoms with van der Waals surface area (Å²) in [7, 11) is 1.95. The number of aryl methyl sites for hydroxylation is 1. The van der Waals surface area contributed by atoms with Crippen LogP contribution in [0.3, 0.4) is 0 Å². The van der Waals surface area contributed by atoms with Crippen LogP contribution in [-0.4, -0.2) is 13.8 Å². The highest BCUT2D eigenvalue weighted by Gasteiger charge is 1.93. The van der Waals surface area contributed by atoms with Crippen molar-refractivity contribution in [3.8, 4) is 0 Å². The third-order valence-corrected chi connectivity index (χ3v) is 2.00. The van der Waals surface area contributed by atoms with Gasteiger partial charge in [-0.25, -0.2) is 0 Å². The highest BCUT2D eigenvalue weighted by molar-refractivity contribution is 5.50. The van der Waals surface area contributed by atoms with Crippen molar-refractivity contribution in [2.75, 3.05) is 12.4 Å². The van der Waals surface area contributed by atoms with Gasteiger partial charge in [-0.15, -0.1) is 6.58 Å². The highest BCUT2D eigenvalue weighted by atomic mass is 16.1. The lowest BCUT2D eigenvalue weighted by atomic mass is 10.1. The molecule has 0 spiro atoms. The molecule has 0 aliphatic carbocycles. The normalized spacial score (nSPS) is 7.38. The Morgan fingerprint density at radius 2 is 1.43 bits per heavy atom. The van der Waals surface area contributed by atoms with Gasteiger partial charge in [0.05, 0.1) is 0 Å². The molecule has 122 valence electrons. The quantitative estimate of drug-likeness (QED) is 0.687. The number of allylic oxidation sites excluding steroid dienone is 3. The van der Waals surface area contributed by atoms with Gasteiger partial charge in [0.2, 0.25) is 0 Å². The summed E-state index contributed by atoms with van der Waals surface area (Å²) in [5.41, 5.74) is 2.62. The zero-order chi connectivity index (χ0) is 17.5. The van der Waals surface area contributed by atoms with Crippen molar-refractivity contribution in [1.82, 2.24) is 0 Å². The molecule has 0 bridgehead atoms. The van der Waals surface area contributed by atoms with Gasteiger partial charge in [0.15, 0.2) is 0 Å². The molecular formula is C19H35NO. The Labute approximate surface area is 133 Å². The maximum absolute atomic E-state index is 8.00. The average molecular weight is 293 g/mol. The van der Waals surface area contributed by atoms with Crippen LogP contribution in [0.15, 0.2) is 49.1 Å². The predicted molar refractivity (Wildman–Crippen MR) is 100 cm³/mol. The number of hydrogen-bond acceptors (Lipinski definition) is 2. The molecule has 1 aromatic carbocycles. The average Bonchev–Trinajstić information content (AvgIpc) is 2.59. The minimum Gasteiger partial charge on any atom is -0.388 e. The molecule has 0 atom stereocenters. The van der Waals surface area contributed by atoms with E-state index in [-0.39, 0.29) is 0 Å². The van der Waals surface area contributed by atoms with Gasteiger partial charge in [0, 0.05) is 12.7 Å². The molecule has 0 aromatic heterocycles. The van der Waals surface area contributed by atoms with Crippen molar-refractivity contribution < 1.29 is 4.79 Å². The van der Waals surface area contributed by atoms with E-state index in [2.05, 4.69) is 37.0 Å². The Morgan fingerprint density at radius 1 is 1.05 bits per heavy atom. The fourth-order valence-corrected chi connectivity index (χ4v) is 1.07. The number of anilines is 1. The molecule has 2 nitrogen and oxygen atoms in total. The van der Waals surface area contributed by atoms with Crippen molar-refractivity contribution >= 4 is 12.5 Å². The van der Waals surface area contributed by atoms with Gasteiger partial charge in [-0.05, 0) is 38.8 Å². The fraction of sp³-hybridized carbons (Fsp3) is 0.421. The van der Waals surface area contributed by atoms with Crippen molar-refractivity contribution in [3.63, 3.8) is 0 Å². The number of benzene rings is 1. The van der Waals surface area contributed by atoms with Crippen molar-refractivity contribution in [2.24, 2.45) is 0 Å². The first-order valence-electron chi connectivity index (χ1n) is 7.40. The number of carbonyl (C=O) groups excluding carboxylic acids is 1.